The lowest BCUT2D eigenvalue weighted by Crippen LogP contribution is -2.14. The molecule has 1 N–H and O–H groups in total. The van der Waals surface area contributed by atoms with Crippen LogP contribution < -0.4 is 5.32 Å². The van der Waals surface area contributed by atoms with Gasteiger partial charge in [-0.2, -0.15) is 0 Å². The van der Waals surface area contributed by atoms with Crippen LogP contribution in [-0.2, 0) is 24.2 Å². The number of anilines is 1. The quantitative estimate of drug-likeness (QED) is 0.611. The van der Waals surface area contributed by atoms with Crippen molar-refractivity contribution in [1.82, 2.24) is 25.0 Å². The van der Waals surface area contributed by atoms with Crippen LogP contribution in [0, 0.1) is 6.92 Å². The average Bonchev–Trinajstić information content (AvgIpc) is 3.37. The van der Waals surface area contributed by atoms with Crippen LogP contribution in [0.25, 0.3) is 11.4 Å². The Kier molecular flexibility index (Phi) is 5.55. The van der Waals surface area contributed by atoms with Crippen LogP contribution in [0.2, 0.25) is 0 Å². The van der Waals surface area contributed by atoms with E-state index in [1.54, 1.807) is 0 Å². The molecule has 0 radical (unpaired) electrons. The molecule has 3 aromatic rings. The minimum Gasteiger partial charge on any atom is -0.302 e. The van der Waals surface area contributed by atoms with E-state index in [0.717, 1.165) is 29.0 Å². The van der Waals surface area contributed by atoms with Gasteiger partial charge in [-0.3, -0.25) is 10.1 Å². The van der Waals surface area contributed by atoms with Crippen molar-refractivity contribution >= 4 is 45.5 Å². The van der Waals surface area contributed by atoms with Crippen molar-refractivity contribution in [2.45, 2.75) is 51.2 Å². The Hall–Kier alpha value is -1.78. The molecule has 0 unspecified atom stereocenters. The maximum atomic E-state index is 12.2. The van der Waals surface area contributed by atoms with Gasteiger partial charge in [-0.15, -0.1) is 31.7 Å². The second-order valence-electron chi connectivity index (χ2n) is 6.27. The monoisotopic (exact) mass is 420 g/mol. The number of carbonyl (C=O) groups is 1. The maximum absolute atomic E-state index is 12.2. The van der Waals surface area contributed by atoms with E-state index in [1.807, 2.05) is 18.3 Å². The number of thioether (sulfide) groups is 1. The zero-order chi connectivity index (χ0) is 18.8. The fourth-order valence-electron chi connectivity index (χ4n) is 3.19. The summed E-state index contributed by atoms with van der Waals surface area (Å²) in [5, 5.41) is 23.7. The summed E-state index contributed by atoms with van der Waals surface area (Å²) in [4.78, 5) is 13.7. The maximum Gasteiger partial charge on any atom is 0.236 e. The highest BCUT2D eigenvalue weighted by Gasteiger charge is 2.22. The van der Waals surface area contributed by atoms with Crippen LogP contribution in [0.1, 0.15) is 35.2 Å². The minimum atomic E-state index is -0.115. The van der Waals surface area contributed by atoms with E-state index in [1.165, 1.54) is 58.4 Å². The molecule has 0 saturated carbocycles. The normalized spacial score (nSPS) is 13.6. The van der Waals surface area contributed by atoms with Crippen molar-refractivity contribution in [3.8, 4) is 11.4 Å². The summed E-state index contributed by atoms with van der Waals surface area (Å²) in [5.41, 5.74) is 2.65. The Bertz CT molecular complexity index is 960. The number of hydrogen-bond acceptors (Lipinski definition) is 8. The summed E-state index contributed by atoms with van der Waals surface area (Å²) < 4.78 is 2.10. The van der Waals surface area contributed by atoms with Crippen LogP contribution in [-0.4, -0.2) is 36.6 Å². The lowest BCUT2D eigenvalue weighted by Gasteiger charge is -2.13. The van der Waals surface area contributed by atoms with E-state index < -0.39 is 0 Å². The van der Waals surface area contributed by atoms with Gasteiger partial charge in [0.2, 0.25) is 11.0 Å². The van der Waals surface area contributed by atoms with Crippen molar-refractivity contribution in [1.29, 1.82) is 0 Å². The van der Waals surface area contributed by atoms with Crippen LogP contribution in [0.5, 0.6) is 0 Å². The molecular formula is C17H20N6OS3. The van der Waals surface area contributed by atoms with Crippen LogP contribution in [0.3, 0.4) is 0 Å². The first-order chi connectivity index (χ1) is 13.2. The molecule has 1 aliphatic rings. The van der Waals surface area contributed by atoms with Gasteiger partial charge in [0.05, 0.1) is 5.75 Å². The van der Waals surface area contributed by atoms with Crippen molar-refractivity contribution in [2.24, 2.45) is 0 Å². The molecule has 7 nitrogen and oxygen atoms in total. The molecule has 10 heteroatoms. The molecule has 0 saturated heterocycles. The predicted molar refractivity (Wildman–Crippen MR) is 110 cm³/mol. The molecule has 3 heterocycles. The first kappa shape index (κ1) is 18.6. The molecule has 0 fully saturated rings. The Labute approximate surface area is 169 Å². The summed E-state index contributed by atoms with van der Waals surface area (Å²) >= 11 is 4.60. The SMILES string of the molecule is CCn1c(SCC(=O)Nc2nnc(C)s2)nnc1-c1csc2c1CCCC2. The molecule has 4 rings (SSSR count). The molecule has 0 bridgehead atoms. The number of thiophene rings is 1. The molecule has 0 aromatic carbocycles. The Morgan fingerprint density at radius 1 is 1.26 bits per heavy atom. The minimum absolute atomic E-state index is 0.115. The second-order valence-corrected chi connectivity index (χ2v) is 9.36. The lowest BCUT2D eigenvalue weighted by molar-refractivity contribution is -0.113. The third-order valence-corrected chi connectivity index (χ3v) is 7.25. The van der Waals surface area contributed by atoms with Crippen LogP contribution in [0.15, 0.2) is 10.5 Å². The topological polar surface area (TPSA) is 85.6 Å². The number of hydrogen-bond donors (Lipinski definition) is 1. The highest BCUT2D eigenvalue weighted by atomic mass is 32.2. The Morgan fingerprint density at radius 3 is 2.89 bits per heavy atom. The number of carbonyl (C=O) groups excluding carboxylic acids is 1. The average molecular weight is 421 g/mol. The lowest BCUT2D eigenvalue weighted by atomic mass is 9.96. The van der Waals surface area contributed by atoms with Gasteiger partial charge in [0, 0.05) is 22.4 Å². The van der Waals surface area contributed by atoms with Gasteiger partial charge in [-0.05, 0) is 45.1 Å². The fourth-order valence-corrected chi connectivity index (χ4v) is 5.73. The highest BCUT2D eigenvalue weighted by Crippen LogP contribution is 2.36. The largest absolute Gasteiger partial charge is 0.302 e. The molecule has 1 amide bonds. The number of fused-ring (bicyclic) bond motifs is 1. The van der Waals surface area contributed by atoms with Gasteiger partial charge >= 0.3 is 0 Å². The standard InChI is InChI=1S/C17H20N6OS3/c1-3-23-15(12-8-25-13-7-5-4-6-11(12)13)20-22-17(23)26-9-14(24)18-16-21-19-10(2)27-16/h8H,3-7,9H2,1-2H3,(H,18,21,24). The smallest absolute Gasteiger partial charge is 0.236 e. The fraction of sp³-hybridized carbons (Fsp3) is 0.471. The van der Waals surface area contributed by atoms with Gasteiger partial charge in [0.25, 0.3) is 0 Å². The third kappa shape index (κ3) is 3.92. The molecule has 1 aliphatic carbocycles. The van der Waals surface area contributed by atoms with Crippen LogP contribution >= 0.6 is 34.4 Å². The Balaban J connectivity index is 1.48. The molecule has 27 heavy (non-hydrogen) atoms. The molecule has 142 valence electrons. The van der Waals surface area contributed by atoms with Gasteiger partial charge in [-0.25, -0.2) is 0 Å². The van der Waals surface area contributed by atoms with Crippen molar-refractivity contribution < 1.29 is 4.79 Å². The zero-order valence-electron chi connectivity index (χ0n) is 15.2. The van der Waals surface area contributed by atoms with Gasteiger partial charge in [0.15, 0.2) is 11.0 Å². The van der Waals surface area contributed by atoms with E-state index in [2.05, 4.69) is 42.6 Å². The first-order valence-electron chi connectivity index (χ1n) is 8.91. The number of aryl methyl sites for hydroxylation is 2. The number of amides is 1. The second kappa shape index (κ2) is 8.07. The van der Waals surface area contributed by atoms with E-state index in [-0.39, 0.29) is 11.7 Å². The first-order valence-corrected chi connectivity index (χ1v) is 11.6. The molecule has 0 atom stereocenters. The molecule has 0 spiro atoms. The van der Waals surface area contributed by atoms with E-state index >= 15 is 0 Å². The number of nitrogens with one attached hydrogen (secondary N) is 1. The molecular weight excluding hydrogens is 400 g/mol. The molecule has 3 aromatic heterocycles. The number of aromatic nitrogens is 5. The predicted octanol–water partition coefficient (Wildman–Crippen LogP) is 3.80. The summed E-state index contributed by atoms with van der Waals surface area (Å²) in [6, 6.07) is 0. The summed E-state index contributed by atoms with van der Waals surface area (Å²) in [6.07, 6.45) is 4.81. The van der Waals surface area contributed by atoms with Crippen molar-refractivity contribution in [3.05, 3.63) is 20.8 Å². The van der Waals surface area contributed by atoms with Crippen LogP contribution in [0.4, 0.5) is 5.13 Å². The molecule has 0 aliphatic heterocycles. The third-order valence-electron chi connectivity index (χ3n) is 4.44. The number of rotatable bonds is 6. The highest BCUT2D eigenvalue weighted by molar-refractivity contribution is 7.99. The van der Waals surface area contributed by atoms with E-state index in [0.29, 0.717) is 5.13 Å². The van der Waals surface area contributed by atoms with E-state index in [4.69, 9.17) is 0 Å². The number of nitrogens with zero attached hydrogens (tertiary/aromatic N) is 5. The van der Waals surface area contributed by atoms with E-state index in [9.17, 15) is 4.79 Å². The summed E-state index contributed by atoms with van der Waals surface area (Å²) in [7, 11) is 0. The van der Waals surface area contributed by atoms with Crippen molar-refractivity contribution in [2.75, 3.05) is 11.1 Å². The van der Waals surface area contributed by atoms with Gasteiger partial charge in [-0.1, -0.05) is 23.1 Å². The van der Waals surface area contributed by atoms with Crippen molar-refractivity contribution in [3.63, 3.8) is 0 Å². The van der Waals surface area contributed by atoms with Gasteiger partial charge in [0.1, 0.15) is 5.01 Å². The zero-order valence-corrected chi connectivity index (χ0v) is 17.6. The summed E-state index contributed by atoms with van der Waals surface area (Å²) in [5.74, 6) is 1.06. The Morgan fingerprint density at radius 2 is 2.11 bits per heavy atom. The summed E-state index contributed by atoms with van der Waals surface area (Å²) in [6.45, 7) is 4.71. The van der Waals surface area contributed by atoms with Gasteiger partial charge < -0.3 is 4.57 Å².